The minimum Gasteiger partial charge on any atom is -0.451 e. The lowest BCUT2D eigenvalue weighted by atomic mass is 10.1. The molecule has 0 radical (unpaired) electrons. The van der Waals surface area contributed by atoms with Crippen molar-refractivity contribution in [3.05, 3.63) is 57.6 Å². The molecule has 1 aromatic carbocycles. The number of barbiturate groups is 1. The molecule has 3 rings (SSSR count). The Labute approximate surface area is 138 Å². The van der Waals surface area contributed by atoms with Crippen molar-refractivity contribution >= 4 is 52.2 Å². The lowest BCUT2D eigenvalue weighted by Crippen LogP contribution is -2.54. The second-order valence-electron chi connectivity index (χ2n) is 4.44. The molecule has 0 aliphatic carbocycles. The average Bonchev–Trinajstić information content (AvgIpc) is 2.90. The number of carbonyl (C=O) groups excluding carboxylic acids is 3. The third-order valence-corrected chi connectivity index (χ3v) is 3.58. The fourth-order valence-corrected chi connectivity index (χ4v) is 2.45. The largest absolute Gasteiger partial charge is 0.451 e. The zero-order chi connectivity index (χ0) is 15.7. The topological polar surface area (TPSA) is 79.6 Å². The summed E-state index contributed by atoms with van der Waals surface area (Å²) in [5.74, 6) is -1.06. The van der Waals surface area contributed by atoms with Crippen molar-refractivity contribution in [3.8, 4) is 0 Å². The van der Waals surface area contributed by atoms with Crippen LogP contribution in [0.2, 0.25) is 0 Å². The molecule has 0 bridgehead atoms. The molecule has 2 heterocycles. The molecule has 0 spiro atoms. The van der Waals surface area contributed by atoms with Crippen LogP contribution in [0.15, 0.2) is 52.5 Å². The second-order valence-corrected chi connectivity index (χ2v) is 5.50. The summed E-state index contributed by atoms with van der Waals surface area (Å²) in [6.07, 6.45) is 1.32. The van der Waals surface area contributed by atoms with Crippen molar-refractivity contribution in [2.75, 3.05) is 4.90 Å². The molecular weight excluding hydrogens is 399 g/mol. The number of amides is 4. The molecule has 1 saturated heterocycles. The predicted octanol–water partition coefficient (Wildman–Crippen LogP) is 2.55. The first-order valence-electron chi connectivity index (χ1n) is 6.28. The summed E-state index contributed by atoms with van der Waals surface area (Å²) in [5, 5.41) is 2.15. The van der Waals surface area contributed by atoms with Crippen LogP contribution in [-0.2, 0) is 9.59 Å². The molecule has 6 nitrogen and oxygen atoms in total. The predicted molar refractivity (Wildman–Crippen MR) is 86.9 cm³/mol. The van der Waals surface area contributed by atoms with Gasteiger partial charge in [0.15, 0.2) is 3.77 Å². The van der Waals surface area contributed by atoms with E-state index >= 15 is 0 Å². The zero-order valence-electron chi connectivity index (χ0n) is 11.1. The van der Waals surface area contributed by atoms with Crippen molar-refractivity contribution in [2.24, 2.45) is 0 Å². The third kappa shape index (κ3) is 2.67. The second kappa shape index (κ2) is 5.76. The SMILES string of the molecule is O=C1NC(=O)N(c2ccccc2)C(=O)C1=Cc1ccc(I)o1. The van der Waals surface area contributed by atoms with Crippen molar-refractivity contribution in [1.82, 2.24) is 5.32 Å². The van der Waals surface area contributed by atoms with Gasteiger partial charge in [-0.05, 0) is 52.9 Å². The number of carbonyl (C=O) groups is 3. The highest BCUT2D eigenvalue weighted by molar-refractivity contribution is 14.1. The normalized spacial score (nSPS) is 17.0. The fraction of sp³-hybridized carbons (Fsp3) is 0. The van der Waals surface area contributed by atoms with Gasteiger partial charge >= 0.3 is 6.03 Å². The fourth-order valence-electron chi connectivity index (χ4n) is 2.02. The van der Waals surface area contributed by atoms with Crippen LogP contribution in [0.5, 0.6) is 0 Å². The summed E-state index contributed by atoms with van der Waals surface area (Å²) >= 11 is 1.98. The Morgan fingerprint density at radius 2 is 1.77 bits per heavy atom. The number of urea groups is 1. The number of benzene rings is 1. The van der Waals surface area contributed by atoms with Gasteiger partial charge in [0.25, 0.3) is 11.8 Å². The Morgan fingerprint density at radius 1 is 1.05 bits per heavy atom. The van der Waals surface area contributed by atoms with E-state index in [4.69, 9.17) is 4.42 Å². The Balaban J connectivity index is 2.01. The summed E-state index contributed by atoms with van der Waals surface area (Å²) in [4.78, 5) is 37.3. The van der Waals surface area contributed by atoms with Crippen molar-refractivity contribution < 1.29 is 18.8 Å². The molecule has 0 unspecified atom stereocenters. The monoisotopic (exact) mass is 408 g/mol. The van der Waals surface area contributed by atoms with E-state index in [-0.39, 0.29) is 5.57 Å². The number of hydrogen-bond donors (Lipinski definition) is 1. The minimum absolute atomic E-state index is 0.158. The molecule has 0 atom stereocenters. The van der Waals surface area contributed by atoms with E-state index in [1.807, 2.05) is 22.6 Å². The molecule has 2 aromatic rings. The quantitative estimate of drug-likeness (QED) is 0.471. The van der Waals surface area contributed by atoms with Gasteiger partial charge in [-0.15, -0.1) is 0 Å². The van der Waals surface area contributed by atoms with Crippen LogP contribution in [0.4, 0.5) is 10.5 Å². The van der Waals surface area contributed by atoms with Crippen molar-refractivity contribution in [2.45, 2.75) is 0 Å². The highest BCUT2D eigenvalue weighted by atomic mass is 127. The van der Waals surface area contributed by atoms with Gasteiger partial charge in [-0.3, -0.25) is 14.9 Å². The maximum Gasteiger partial charge on any atom is 0.335 e. The first-order valence-corrected chi connectivity index (χ1v) is 7.36. The van der Waals surface area contributed by atoms with Gasteiger partial charge < -0.3 is 4.42 Å². The van der Waals surface area contributed by atoms with Crippen LogP contribution >= 0.6 is 22.6 Å². The van der Waals surface area contributed by atoms with Gasteiger partial charge in [0.2, 0.25) is 0 Å². The zero-order valence-corrected chi connectivity index (χ0v) is 13.2. The van der Waals surface area contributed by atoms with Crippen LogP contribution in [0.1, 0.15) is 5.76 Å². The third-order valence-electron chi connectivity index (χ3n) is 3.00. The van der Waals surface area contributed by atoms with Crippen LogP contribution in [0.3, 0.4) is 0 Å². The first kappa shape index (κ1) is 14.5. The number of rotatable bonds is 2. The molecule has 7 heteroatoms. The van der Waals surface area contributed by atoms with Crippen molar-refractivity contribution in [1.29, 1.82) is 0 Å². The number of imide groups is 2. The van der Waals surface area contributed by atoms with E-state index in [9.17, 15) is 14.4 Å². The molecule has 0 saturated carbocycles. The van der Waals surface area contributed by atoms with E-state index in [1.165, 1.54) is 6.08 Å². The standard InChI is InChI=1S/C15H9IN2O4/c16-12-7-6-10(22-12)8-11-13(19)17-15(21)18(14(11)20)9-4-2-1-3-5-9/h1-8H,(H,17,19,21). The Kier molecular flexibility index (Phi) is 3.80. The van der Waals surface area contributed by atoms with E-state index in [0.717, 1.165) is 4.90 Å². The molecule has 4 amide bonds. The highest BCUT2D eigenvalue weighted by Gasteiger charge is 2.36. The van der Waals surface area contributed by atoms with Crippen molar-refractivity contribution in [3.63, 3.8) is 0 Å². The smallest absolute Gasteiger partial charge is 0.335 e. The maximum absolute atomic E-state index is 12.5. The van der Waals surface area contributed by atoms with Gasteiger partial charge in [-0.1, -0.05) is 18.2 Å². The van der Waals surface area contributed by atoms with Crippen LogP contribution in [0, 0.1) is 3.77 Å². The van der Waals surface area contributed by atoms with Gasteiger partial charge in [-0.25, -0.2) is 9.69 Å². The van der Waals surface area contributed by atoms with E-state index in [2.05, 4.69) is 5.32 Å². The number of hydrogen-bond acceptors (Lipinski definition) is 4. The number of nitrogens with zero attached hydrogens (tertiary/aromatic N) is 1. The number of halogens is 1. The first-order chi connectivity index (χ1) is 10.6. The van der Waals surface area contributed by atoms with Crippen LogP contribution in [0.25, 0.3) is 6.08 Å². The molecule has 1 aromatic heterocycles. The average molecular weight is 408 g/mol. The maximum atomic E-state index is 12.5. The summed E-state index contributed by atoms with van der Waals surface area (Å²) < 4.78 is 5.95. The van der Waals surface area contributed by atoms with E-state index in [1.54, 1.807) is 42.5 Å². The molecule has 1 N–H and O–H groups in total. The molecule has 1 aliphatic rings. The van der Waals surface area contributed by atoms with Gasteiger partial charge in [0.1, 0.15) is 11.3 Å². The summed E-state index contributed by atoms with van der Waals surface area (Å²) in [6.45, 7) is 0. The van der Waals surface area contributed by atoms with Gasteiger partial charge in [0.05, 0.1) is 5.69 Å². The molecule has 22 heavy (non-hydrogen) atoms. The summed E-state index contributed by atoms with van der Waals surface area (Å²) in [7, 11) is 0. The van der Waals surface area contributed by atoms with Crippen LogP contribution in [-0.4, -0.2) is 17.8 Å². The molecule has 1 aliphatic heterocycles. The van der Waals surface area contributed by atoms with Gasteiger partial charge in [0, 0.05) is 0 Å². The Hall–Kier alpha value is -2.42. The van der Waals surface area contributed by atoms with E-state index < -0.39 is 17.8 Å². The lowest BCUT2D eigenvalue weighted by Gasteiger charge is -2.26. The number of furan rings is 1. The molecular formula is C15H9IN2O4. The summed E-state index contributed by atoms with van der Waals surface area (Å²) in [6, 6.07) is 11.0. The molecule has 110 valence electrons. The molecule has 1 fully saturated rings. The Morgan fingerprint density at radius 3 is 2.41 bits per heavy atom. The highest BCUT2D eigenvalue weighted by Crippen LogP contribution is 2.22. The Bertz CT molecular complexity index is 795. The van der Waals surface area contributed by atoms with E-state index in [0.29, 0.717) is 15.2 Å². The minimum atomic E-state index is -0.771. The number of anilines is 1. The summed E-state index contributed by atoms with van der Waals surface area (Å²) in [5.41, 5.74) is 0.228. The lowest BCUT2D eigenvalue weighted by molar-refractivity contribution is -0.122. The number of nitrogens with one attached hydrogen (secondary N) is 1. The number of para-hydroxylation sites is 1. The van der Waals surface area contributed by atoms with Gasteiger partial charge in [-0.2, -0.15) is 0 Å². The van der Waals surface area contributed by atoms with Crippen LogP contribution < -0.4 is 10.2 Å².